The van der Waals surface area contributed by atoms with E-state index >= 15 is 0 Å². The number of fused-ring (bicyclic) bond motifs is 5. The lowest BCUT2D eigenvalue weighted by Gasteiger charge is -2.09. The van der Waals surface area contributed by atoms with Gasteiger partial charge in [0.15, 0.2) is 0 Å². The third kappa shape index (κ3) is 1.46. The highest BCUT2D eigenvalue weighted by Crippen LogP contribution is 2.23. The summed E-state index contributed by atoms with van der Waals surface area (Å²) < 4.78 is 3.57. The summed E-state index contributed by atoms with van der Waals surface area (Å²) in [4.78, 5) is 12.5. The molecule has 2 heterocycles. The Hall–Kier alpha value is -3.06. The van der Waals surface area contributed by atoms with Crippen LogP contribution in [0.4, 0.5) is 0 Å². The molecule has 0 amide bonds. The van der Waals surface area contributed by atoms with E-state index in [-0.39, 0.29) is 5.56 Å². The molecule has 0 saturated carbocycles. The fourth-order valence-corrected chi connectivity index (χ4v) is 2.91. The molecule has 21 heavy (non-hydrogen) atoms. The highest BCUT2D eigenvalue weighted by Gasteiger charge is 2.12. The highest BCUT2D eigenvalue weighted by atomic mass is 16.1. The van der Waals surface area contributed by atoms with Gasteiger partial charge < -0.3 is 8.97 Å². The van der Waals surface area contributed by atoms with Crippen molar-refractivity contribution in [3.63, 3.8) is 0 Å². The molecule has 0 N–H and O–H groups in total. The van der Waals surface area contributed by atoms with Gasteiger partial charge in [-0.05, 0) is 30.3 Å². The molecule has 2 aromatic carbocycles. The SMILES string of the molecule is Cn1c(=O)c2cc3ccccc3n2c2cc(C#N)ccc21. The van der Waals surface area contributed by atoms with Crippen LogP contribution in [-0.2, 0) is 7.05 Å². The van der Waals surface area contributed by atoms with Gasteiger partial charge in [0.1, 0.15) is 5.52 Å². The minimum Gasteiger partial charge on any atom is -0.308 e. The van der Waals surface area contributed by atoms with E-state index in [9.17, 15) is 4.79 Å². The maximum Gasteiger partial charge on any atom is 0.275 e. The van der Waals surface area contributed by atoms with Gasteiger partial charge in [0.05, 0.1) is 28.2 Å². The Kier molecular flexibility index (Phi) is 2.22. The summed E-state index contributed by atoms with van der Waals surface area (Å²) in [5, 5.41) is 10.1. The van der Waals surface area contributed by atoms with Gasteiger partial charge in [-0.1, -0.05) is 18.2 Å². The van der Waals surface area contributed by atoms with Gasteiger partial charge in [0, 0.05) is 12.4 Å². The van der Waals surface area contributed by atoms with Crippen LogP contribution >= 0.6 is 0 Å². The lowest BCUT2D eigenvalue weighted by Crippen LogP contribution is -2.19. The molecule has 0 fully saturated rings. The van der Waals surface area contributed by atoms with Crippen LogP contribution in [0.25, 0.3) is 27.5 Å². The first-order chi connectivity index (χ1) is 10.2. The second-order valence-corrected chi connectivity index (χ2v) is 5.10. The molecule has 2 aromatic heterocycles. The molecule has 0 atom stereocenters. The predicted molar refractivity (Wildman–Crippen MR) is 82.4 cm³/mol. The Labute approximate surface area is 120 Å². The monoisotopic (exact) mass is 273 g/mol. The molecule has 0 saturated heterocycles. The summed E-state index contributed by atoms with van der Waals surface area (Å²) in [5.41, 5.74) is 3.83. The smallest absolute Gasteiger partial charge is 0.275 e. The van der Waals surface area contributed by atoms with Gasteiger partial charge in [-0.2, -0.15) is 5.26 Å². The largest absolute Gasteiger partial charge is 0.308 e. The summed E-state index contributed by atoms with van der Waals surface area (Å²) in [6.45, 7) is 0. The van der Waals surface area contributed by atoms with Gasteiger partial charge in [0.25, 0.3) is 5.56 Å². The lowest BCUT2D eigenvalue weighted by atomic mass is 10.2. The van der Waals surface area contributed by atoms with Crippen LogP contribution in [0, 0.1) is 11.3 Å². The zero-order valence-electron chi connectivity index (χ0n) is 11.4. The third-order valence-electron chi connectivity index (χ3n) is 3.94. The van der Waals surface area contributed by atoms with Crippen molar-refractivity contribution in [3.05, 3.63) is 64.4 Å². The summed E-state index contributed by atoms with van der Waals surface area (Å²) >= 11 is 0. The van der Waals surface area contributed by atoms with Gasteiger partial charge in [-0.15, -0.1) is 0 Å². The molecule has 0 radical (unpaired) electrons. The molecular formula is C17H11N3O. The standard InChI is InChI=1S/C17H11N3O/c1-19-14-7-6-11(10-18)8-15(14)20-13-5-3-2-4-12(13)9-16(20)17(19)21/h2-9H,1H3. The molecule has 0 bridgehead atoms. The van der Waals surface area contributed by atoms with Crippen LogP contribution in [0.5, 0.6) is 0 Å². The zero-order valence-corrected chi connectivity index (χ0v) is 11.4. The molecule has 0 spiro atoms. The first-order valence-corrected chi connectivity index (χ1v) is 6.64. The third-order valence-corrected chi connectivity index (χ3v) is 3.94. The van der Waals surface area contributed by atoms with Crippen LogP contribution < -0.4 is 5.56 Å². The molecule has 0 aliphatic heterocycles. The van der Waals surface area contributed by atoms with E-state index in [1.807, 2.05) is 46.9 Å². The second kappa shape index (κ2) is 3.97. The number of hydrogen-bond acceptors (Lipinski definition) is 2. The Morgan fingerprint density at radius 3 is 2.57 bits per heavy atom. The van der Waals surface area contributed by atoms with Crippen LogP contribution in [-0.4, -0.2) is 8.97 Å². The molecule has 0 aliphatic rings. The Morgan fingerprint density at radius 2 is 1.76 bits per heavy atom. The van der Waals surface area contributed by atoms with Crippen molar-refractivity contribution in [1.29, 1.82) is 5.26 Å². The van der Waals surface area contributed by atoms with Crippen molar-refractivity contribution in [2.24, 2.45) is 7.05 Å². The number of para-hydroxylation sites is 1. The average Bonchev–Trinajstić information content (AvgIpc) is 2.91. The molecule has 0 aliphatic carbocycles. The molecule has 4 rings (SSSR count). The Morgan fingerprint density at radius 1 is 0.952 bits per heavy atom. The fraction of sp³-hybridized carbons (Fsp3) is 0.0588. The fourth-order valence-electron chi connectivity index (χ4n) is 2.91. The number of aryl methyl sites for hydroxylation is 1. The van der Waals surface area contributed by atoms with Gasteiger partial charge >= 0.3 is 0 Å². The maximum atomic E-state index is 12.5. The van der Waals surface area contributed by atoms with Crippen molar-refractivity contribution in [1.82, 2.24) is 8.97 Å². The summed E-state index contributed by atoms with van der Waals surface area (Å²) in [7, 11) is 1.76. The van der Waals surface area contributed by atoms with Crippen molar-refractivity contribution in [2.75, 3.05) is 0 Å². The number of rotatable bonds is 0. The quantitative estimate of drug-likeness (QED) is 0.494. The maximum absolute atomic E-state index is 12.5. The molecule has 0 unspecified atom stereocenters. The van der Waals surface area contributed by atoms with E-state index in [0.29, 0.717) is 11.1 Å². The van der Waals surface area contributed by atoms with E-state index in [0.717, 1.165) is 21.9 Å². The van der Waals surface area contributed by atoms with Crippen molar-refractivity contribution < 1.29 is 0 Å². The summed E-state index contributed by atoms with van der Waals surface area (Å²) in [6, 6.07) is 17.3. The highest BCUT2D eigenvalue weighted by molar-refractivity contribution is 5.93. The Bertz CT molecular complexity index is 1130. The van der Waals surface area contributed by atoms with E-state index in [1.54, 1.807) is 17.7 Å². The predicted octanol–water partition coefficient (Wildman–Crippen LogP) is 2.82. The van der Waals surface area contributed by atoms with Crippen molar-refractivity contribution >= 4 is 27.5 Å². The minimum atomic E-state index is -0.0385. The van der Waals surface area contributed by atoms with Crippen molar-refractivity contribution in [3.8, 4) is 6.07 Å². The normalized spacial score (nSPS) is 11.2. The second-order valence-electron chi connectivity index (χ2n) is 5.10. The van der Waals surface area contributed by atoms with Crippen LogP contribution in [0.15, 0.2) is 53.3 Å². The molecule has 4 aromatic rings. The van der Waals surface area contributed by atoms with Crippen molar-refractivity contribution in [2.45, 2.75) is 0 Å². The number of nitrogens with zero attached hydrogens (tertiary/aromatic N) is 3. The van der Waals surface area contributed by atoms with E-state index in [4.69, 9.17) is 5.26 Å². The number of aromatic nitrogens is 2. The first-order valence-electron chi connectivity index (χ1n) is 6.64. The van der Waals surface area contributed by atoms with Gasteiger partial charge in [-0.25, -0.2) is 0 Å². The van der Waals surface area contributed by atoms with Gasteiger partial charge in [0.2, 0.25) is 0 Å². The van der Waals surface area contributed by atoms with Crippen LogP contribution in [0.3, 0.4) is 0 Å². The average molecular weight is 273 g/mol. The number of nitriles is 1. The van der Waals surface area contributed by atoms with E-state index < -0.39 is 0 Å². The van der Waals surface area contributed by atoms with Crippen LogP contribution in [0.2, 0.25) is 0 Å². The number of benzene rings is 2. The Balaban J connectivity index is 2.41. The zero-order chi connectivity index (χ0) is 14.6. The van der Waals surface area contributed by atoms with E-state index in [2.05, 4.69) is 6.07 Å². The van der Waals surface area contributed by atoms with Gasteiger partial charge in [-0.3, -0.25) is 4.79 Å². The summed E-state index contributed by atoms with van der Waals surface area (Å²) in [5.74, 6) is 0. The molecule has 4 nitrogen and oxygen atoms in total. The molecule has 4 heteroatoms. The molecular weight excluding hydrogens is 262 g/mol. The molecule has 100 valence electrons. The summed E-state index contributed by atoms with van der Waals surface area (Å²) in [6.07, 6.45) is 0. The topological polar surface area (TPSA) is 50.2 Å². The van der Waals surface area contributed by atoms with E-state index in [1.165, 1.54) is 0 Å². The number of hydrogen-bond donors (Lipinski definition) is 0. The first kappa shape index (κ1) is 11.7. The van der Waals surface area contributed by atoms with Crippen LogP contribution in [0.1, 0.15) is 5.56 Å². The lowest BCUT2D eigenvalue weighted by molar-refractivity contribution is 0.902. The minimum absolute atomic E-state index is 0.0385.